The molecule has 2 unspecified atom stereocenters. The quantitative estimate of drug-likeness (QED) is 0.477. The first kappa shape index (κ1) is 25.0. The van der Waals surface area contributed by atoms with Crippen molar-refractivity contribution >= 4 is 23.6 Å². The number of piperidine rings is 1. The normalized spacial score (nSPS) is 19.2. The van der Waals surface area contributed by atoms with E-state index in [9.17, 15) is 19.6 Å². The molecular formula is C28H27N5O5. The van der Waals surface area contributed by atoms with E-state index in [0.717, 1.165) is 0 Å². The second-order valence-electron chi connectivity index (χ2n) is 9.23. The number of fused-ring (bicyclic) bond motifs is 1. The van der Waals surface area contributed by atoms with Crippen molar-refractivity contribution in [1.29, 1.82) is 5.26 Å². The number of nitriles is 1. The fraction of sp³-hybridized carbons (Fsp3) is 0.321. The smallest absolute Gasteiger partial charge is 0.309 e. The molecule has 1 fully saturated rings. The first-order chi connectivity index (χ1) is 18.5. The van der Waals surface area contributed by atoms with Gasteiger partial charge in [-0.05, 0) is 49.6 Å². The second kappa shape index (κ2) is 10.8. The van der Waals surface area contributed by atoms with Gasteiger partial charge < -0.3 is 19.7 Å². The van der Waals surface area contributed by atoms with Crippen LogP contribution in [0, 0.1) is 23.2 Å². The zero-order valence-corrected chi connectivity index (χ0v) is 20.8. The molecule has 1 aromatic heterocycles. The zero-order chi connectivity index (χ0) is 26.6. The van der Waals surface area contributed by atoms with Crippen LogP contribution in [-0.2, 0) is 14.3 Å². The highest BCUT2D eigenvalue weighted by Gasteiger charge is 2.41. The molecule has 194 valence electrons. The highest BCUT2D eigenvalue weighted by atomic mass is 16.5. The fourth-order valence-corrected chi connectivity index (χ4v) is 4.99. The van der Waals surface area contributed by atoms with Crippen LogP contribution >= 0.6 is 0 Å². The minimum absolute atomic E-state index is 0.132. The van der Waals surface area contributed by atoms with Crippen LogP contribution in [0.15, 0.2) is 59.4 Å². The molecule has 1 saturated heterocycles. The number of anilines is 2. The Kier molecular flexibility index (Phi) is 7.09. The van der Waals surface area contributed by atoms with Crippen molar-refractivity contribution in [3.8, 4) is 17.6 Å². The van der Waals surface area contributed by atoms with E-state index in [0.29, 0.717) is 55.5 Å². The molecule has 1 amide bonds. The molecule has 0 spiro atoms. The van der Waals surface area contributed by atoms with Gasteiger partial charge in [-0.25, -0.2) is 0 Å². The van der Waals surface area contributed by atoms with Gasteiger partial charge in [0.1, 0.15) is 23.2 Å². The maximum Gasteiger partial charge on any atom is 0.309 e. The number of rotatable bonds is 6. The maximum atomic E-state index is 13.4. The number of hydrogen-bond acceptors (Lipinski definition) is 8. The monoisotopic (exact) mass is 513 g/mol. The van der Waals surface area contributed by atoms with Crippen LogP contribution in [0.4, 0.5) is 11.8 Å². The highest BCUT2D eigenvalue weighted by Crippen LogP contribution is 2.39. The number of carbonyl (C=O) groups is 2. The molecule has 2 aromatic carbocycles. The molecule has 38 heavy (non-hydrogen) atoms. The predicted molar refractivity (Wildman–Crippen MR) is 139 cm³/mol. The van der Waals surface area contributed by atoms with E-state index in [1.54, 1.807) is 31.2 Å². The van der Waals surface area contributed by atoms with E-state index in [1.165, 1.54) is 0 Å². The van der Waals surface area contributed by atoms with Gasteiger partial charge in [0.25, 0.3) is 5.56 Å². The van der Waals surface area contributed by atoms with Crippen molar-refractivity contribution in [2.45, 2.75) is 25.7 Å². The van der Waals surface area contributed by atoms with E-state index in [-0.39, 0.29) is 23.3 Å². The molecular weight excluding hydrogens is 486 g/mol. The molecule has 2 N–H and O–H groups in total. The number of H-pyrrole nitrogens is 1. The van der Waals surface area contributed by atoms with Crippen molar-refractivity contribution in [2.24, 2.45) is 11.8 Å². The fourth-order valence-electron chi connectivity index (χ4n) is 4.99. The topological polar surface area (TPSA) is 137 Å². The Morgan fingerprint density at radius 3 is 2.55 bits per heavy atom. The molecule has 3 aromatic rings. The van der Waals surface area contributed by atoms with Crippen LogP contribution in [0.2, 0.25) is 0 Å². The average molecular weight is 514 g/mol. The summed E-state index contributed by atoms with van der Waals surface area (Å²) in [5.74, 6) is -1.28. The van der Waals surface area contributed by atoms with Gasteiger partial charge in [0.05, 0.1) is 24.2 Å². The number of carbonyl (C=O) groups excluding carboxylic acids is 2. The Balaban J connectivity index is 1.45. The number of ether oxygens (including phenoxy) is 2. The van der Waals surface area contributed by atoms with E-state index >= 15 is 0 Å². The molecule has 0 radical (unpaired) electrons. The molecule has 10 heteroatoms. The number of benzene rings is 2. The second-order valence-corrected chi connectivity index (χ2v) is 9.23. The lowest BCUT2D eigenvalue weighted by atomic mass is 9.79. The Morgan fingerprint density at radius 1 is 1.11 bits per heavy atom. The van der Waals surface area contributed by atoms with Gasteiger partial charge in [-0.2, -0.15) is 10.2 Å². The number of aromatic amines is 1. The van der Waals surface area contributed by atoms with Gasteiger partial charge in [-0.1, -0.05) is 30.3 Å². The summed E-state index contributed by atoms with van der Waals surface area (Å²) in [6.07, 6.45) is 1.14. The third kappa shape index (κ3) is 4.95. The first-order valence-corrected chi connectivity index (χ1v) is 12.6. The van der Waals surface area contributed by atoms with Gasteiger partial charge >= 0.3 is 5.97 Å². The molecule has 2 aliphatic heterocycles. The van der Waals surface area contributed by atoms with E-state index < -0.39 is 23.3 Å². The van der Waals surface area contributed by atoms with E-state index in [4.69, 9.17) is 9.47 Å². The van der Waals surface area contributed by atoms with Crippen molar-refractivity contribution < 1.29 is 19.1 Å². The Hall–Kier alpha value is -4.65. The number of nitrogens with zero attached hydrogens (tertiary/aromatic N) is 3. The van der Waals surface area contributed by atoms with Crippen LogP contribution in [0.1, 0.15) is 36.8 Å². The minimum Gasteiger partial charge on any atom is -0.466 e. The SMILES string of the molecule is CCOC(=O)C1CCN(c2nc3c(c(=O)[nH]2)C(c2cccc(Oc4ccccc4)c2)C(C#N)C(=O)N3)CC1. The standard InChI is InChI=1S/C28H27N5O5/c1-2-37-27(36)17-11-13-33(14-12-17)28-31-24-23(26(35)32-28)22(21(16-29)25(34)30-24)18-7-6-10-20(15-18)38-19-8-4-3-5-9-19/h3-10,15,17,21-22H,2,11-14H2,1H3,(H2,30,31,32,34,35). The van der Waals surface area contributed by atoms with Crippen LogP contribution in [0.3, 0.4) is 0 Å². The third-order valence-electron chi connectivity index (χ3n) is 6.86. The summed E-state index contributed by atoms with van der Waals surface area (Å²) < 4.78 is 11.1. The van der Waals surface area contributed by atoms with Gasteiger partial charge in [-0.3, -0.25) is 19.4 Å². The minimum atomic E-state index is -1.12. The maximum absolute atomic E-state index is 13.4. The van der Waals surface area contributed by atoms with Gasteiger partial charge in [0.15, 0.2) is 0 Å². The van der Waals surface area contributed by atoms with Gasteiger partial charge in [-0.15, -0.1) is 0 Å². The molecule has 2 aliphatic rings. The van der Waals surface area contributed by atoms with Crippen LogP contribution in [-0.4, -0.2) is 41.5 Å². The Morgan fingerprint density at radius 2 is 1.84 bits per heavy atom. The number of nitrogens with one attached hydrogen (secondary N) is 2. The Bertz CT molecular complexity index is 1440. The number of amides is 1. The third-order valence-corrected chi connectivity index (χ3v) is 6.86. The number of esters is 1. The molecule has 2 atom stereocenters. The molecule has 0 bridgehead atoms. The molecule has 5 rings (SSSR count). The molecule has 3 heterocycles. The van der Waals surface area contributed by atoms with Crippen LogP contribution < -0.4 is 20.5 Å². The lowest BCUT2D eigenvalue weighted by molar-refractivity contribution is -0.148. The largest absolute Gasteiger partial charge is 0.466 e. The summed E-state index contributed by atoms with van der Waals surface area (Å²) in [5.41, 5.74) is 0.381. The van der Waals surface area contributed by atoms with E-state index in [2.05, 4.69) is 21.4 Å². The number of para-hydroxylation sites is 1. The van der Waals surface area contributed by atoms with Crippen LogP contribution in [0.25, 0.3) is 0 Å². The molecule has 0 saturated carbocycles. The summed E-state index contributed by atoms with van der Waals surface area (Å²) in [4.78, 5) is 47.7. The lowest BCUT2D eigenvalue weighted by Crippen LogP contribution is -2.41. The van der Waals surface area contributed by atoms with E-state index in [1.807, 2.05) is 35.2 Å². The van der Waals surface area contributed by atoms with Crippen molar-refractivity contribution in [3.05, 3.63) is 76.1 Å². The van der Waals surface area contributed by atoms with Crippen molar-refractivity contribution in [1.82, 2.24) is 9.97 Å². The predicted octanol–water partition coefficient (Wildman–Crippen LogP) is 3.57. The van der Waals surface area contributed by atoms with Gasteiger partial charge in [0, 0.05) is 19.0 Å². The summed E-state index contributed by atoms with van der Waals surface area (Å²) in [6.45, 7) is 3.12. The summed E-state index contributed by atoms with van der Waals surface area (Å²) in [5, 5.41) is 12.5. The summed E-state index contributed by atoms with van der Waals surface area (Å²) in [7, 11) is 0. The Labute approximate surface area is 219 Å². The molecule has 0 aliphatic carbocycles. The number of hydrogen-bond donors (Lipinski definition) is 2. The lowest BCUT2D eigenvalue weighted by Gasteiger charge is -2.33. The van der Waals surface area contributed by atoms with Crippen molar-refractivity contribution in [2.75, 3.05) is 29.9 Å². The first-order valence-electron chi connectivity index (χ1n) is 12.6. The van der Waals surface area contributed by atoms with Crippen LogP contribution in [0.5, 0.6) is 11.5 Å². The van der Waals surface area contributed by atoms with Crippen molar-refractivity contribution in [3.63, 3.8) is 0 Å². The average Bonchev–Trinajstić information content (AvgIpc) is 2.93. The zero-order valence-electron chi connectivity index (χ0n) is 20.8. The summed E-state index contributed by atoms with van der Waals surface area (Å²) in [6, 6.07) is 18.3. The molecule has 10 nitrogen and oxygen atoms in total. The number of aromatic nitrogens is 2. The highest BCUT2D eigenvalue weighted by molar-refractivity contribution is 5.98. The summed E-state index contributed by atoms with van der Waals surface area (Å²) >= 11 is 0. The van der Waals surface area contributed by atoms with Gasteiger partial charge in [0.2, 0.25) is 11.9 Å².